The lowest BCUT2D eigenvalue weighted by molar-refractivity contribution is -0.129. The maximum absolute atomic E-state index is 13.7. The highest BCUT2D eigenvalue weighted by Crippen LogP contribution is 2.14. The largest absolute Gasteiger partial charge is 0.378 e. The molecule has 1 atom stereocenters. The van der Waals surface area contributed by atoms with Gasteiger partial charge in [-0.25, -0.2) is 4.39 Å². The first-order valence-corrected chi connectivity index (χ1v) is 7.40. The smallest absolute Gasteiger partial charge is 0.253 e. The highest BCUT2D eigenvalue weighted by Gasteiger charge is 2.16. The van der Waals surface area contributed by atoms with Crippen molar-refractivity contribution in [3.63, 3.8) is 0 Å². The molecule has 2 aromatic rings. The van der Waals surface area contributed by atoms with Crippen LogP contribution in [0.25, 0.3) is 0 Å². The van der Waals surface area contributed by atoms with E-state index in [2.05, 4.69) is 5.32 Å². The number of nitrogens with zero attached hydrogens (tertiary/aromatic N) is 1. The van der Waals surface area contributed by atoms with Crippen molar-refractivity contribution in [3.05, 3.63) is 71.0 Å². The Morgan fingerprint density at radius 3 is 2.57 bits per heavy atom. The molecule has 5 heteroatoms. The van der Waals surface area contributed by atoms with E-state index in [1.54, 1.807) is 36.4 Å². The Bertz CT molecular complexity index is 659. The van der Waals surface area contributed by atoms with Gasteiger partial charge < -0.3 is 15.3 Å². The number of halogens is 1. The molecular formula is C18H21FN2O2. The molecule has 0 aromatic heterocycles. The third-order valence-corrected chi connectivity index (χ3v) is 3.43. The number of rotatable bonds is 6. The van der Waals surface area contributed by atoms with E-state index in [1.807, 2.05) is 25.1 Å². The number of benzene rings is 2. The summed E-state index contributed by atoms with van der Waals surface area (Å²) >= 11 is 0. The topological polar surface area (TPSA) is 52.6 Å². The van der Waals surface area contributed by atoms with Crippen LogP contribution in [0, 0.1) is 5.82 Å². The van der Waals surface area contributed by atoms with Gasteiger partial charge in [-0.1, -0.05) is 36.4 Å². The Hall–Kier alpha value is -2.24. The van der Waals surface area contributed by atoms with Crippen molar-refractivity contribution in [2.75, 3.05) is 14.1 Å². The predicted molar refractivity (Wildman–Crippen MR) is 87.0 cm³/mol. The van der Waals surface area contributed by atoms with Crippen molar-refractivity contribution in [2.45, 2.75) is 19.2 Å². The van der Waals surface area contributed by atoms with Gasteiger partial charge >= 0.3 is 0 Å². The maximum atomic E-state index is 13.7. The van der Waals surface area contributed by atoms with Gasteiger partial charge in [-0.3, -0.25) is 4.79 Å². The molecule has 4 nitrogen and oxygen atoms in total. The van der Waals surface area contributed by atoms with E-state index in [0.717, 1.165) is 5.56 Å². The number of aliphatic hydroxyl groups is 1. The molecule has 0 aliphatic rings. The van der Waals surface area contributed by atoms with Crippen molar-refractivity contribution in [1.29, 1.82) is 0 Å². The minimum absolute atomic E-state index is 0.240. The summed E-state index contributed by atoms with van der Waals surface area (Å²) in [4.78, 5) is 13.9. The molecule has 0 saturated carbocycles. The molecule has 0 fully saturated rings. The second kappa shape index (κ2) is 7.85. The molecule has 23 heavy (non-hydrogen) atoms. The zero-order valence-corrected chi connectivity index (χ0v) is 13.3. The summed E-state index contributed by atoms with van der Waals surface area (Å²) in [5, 5.41) is 12.7. The summed E-state index contributed by atoms with van der Waals surface area (Å²) in [6.45, 7) is 0.726. The van der Waals surface area contributed by atoms with Gasteiger partial charge in [-0.15, -0.1) is 0 Å². The van der Waals surface area contributed by atoms with Crippen LogP contribution < -0.4 is 5.32 Å². The van der Waals surface area contributed by atoms with E-state index in [0.29, 0.717) is 17.7 Å². The van der Waals surface area contributed by atoms with Gasteiger partial charge in [0.15, 0.2) is 6.10 Å². The van der Waals surface area contributed by atoms with Crippen molar-refractivity contribution < 1.29 is 14.3 Å². The molecule has 122 valence electrons. The van der Waals surface area contributed by atoms with E-state index in [4.69, 9.17) is 0 Å². The number of aliphatic hydroxyl groups excluding tert-OH is 1. The van der Waals surface area contributed by atoms with Gasteiger partial charge in [-0.05, 0) is 37.4 Å². The minimum Gasteiger partial charge on any atom is -0.378 e. The molecule has 0 saturated heterocycles. The predicted octanol–water partition coefficient (Wildman–Crippen LogP) is 2.24. The second-order valence-electron chi connectivity index (χ2n) is 5.69. The fourth-order valence-corrected chi connectivity index (χ4v) is 2.27. The summed E-state index contributed by atoms with van der Waals surface area (Å²) in [6.07, 6.45) is -1.21. The van der Waals surface area contributed by atoms with Crippen LogP contribution in [0.2, 0.25) is 0 Å². The molecular weight excluding hydrogens is 295 g/mol. The Morgan fingerprint density at radius 2 is 1.91 bits per heavy atom. The van der Waals surface area contributed by atoms with Crippen LogP contribution in [0.1, 0.15) is 22.8 Å². The van der Waals surface area contributed by atoms with Gasteiger partial charge in [-0.2, -0.15) is 0 Å². The number of amides is 1. The summed E-state index contributed by atoms with van der Waals surface area (Å²) in [5.41, 5.74) is 1.90. The fourth-order valence-electron chi connectivity index (χ4n) is 2.27. The third-order valence-electron chi connectivity index (χ3n) is 3.43. The lowest BCUT2D eigenvalue weighted by atomic mass is 10.1. The normalized spacial score (nSPS) is 12.2. The summed E-state index contributed by atoms with van der Waals surface area (Å²) in [7, 11) is 3.73. The van der Waals surface area contributed by atoms with Crippen molar-refractivity contribution >= 4 is 5.91 Å². The SMILES string of the molecule is CN(C)Cc1cc(CNC(=O)C(O)c2ccccc2)ccc1F. The zero-order valence-electron chi connectivity index (χ0n) is 13.3. The highest BCUT2D eigenvalue weighted by atomic mass is 19.1. The molecule has 1 amide bonds. The summed E-state index contributed by atoms with van der Waals surface area (Å²) in [6, 6.07) is 13.5. The molecule has 2 aromatic carbocycles. The van der Waals surface area contributed by atoms with Gasteiger partial charge in [0.2, 0.25) is 0 Å². The van der Waals surface area contributed by atoms with Crippen molar-refractivity contribution in [2.24, 2.45) is 0 Å². The minimum atomic E-state index is -1.21. The second-order valence-corrected chi connectivity index (χ2v) is 5.69. The standard InChI is InChI=1S/C18H21FN2O2/c1-21(2)12-15-10-13(8-9-16(15)19)11-20-18(23)17(22)14-6-4-3-5-7-14/h3-10,17,22H,11-12H2,1-2H3,(H,20,23). The molecule has 0 aliphatic carbocycles. The molecule has 1 unspecified atom stereocenters. The molecule has 0 heterocycles. The van der Waals surface area contributed by atoms with E-state index >= 15 is 0 Å². The van der Waals surface area contributed by atoms with Crippen LogP contribution in [0.3, 0.4) is 0 Å². The third kappa shape index (κ3) is 4.87. The molecule has 2 N–H and O–H groups in total. The van der Waals surface area contributed by atoms with Crippen LogP contribution in [0.4, 0.5) is 4.39 Å². The average molecular weight is 316 g/mol. The Balaban J connectivity index is 1.99. The van der Waals surface area contributed by atoms with Gasteiger partial charge in [0.1, 0.15) is 5.82 Å². The highest BCUT2D eigenvalue weighted by molar-refractivity contribution is 5.81. The van der Waals surface area contributed by atoms with E-state index in [9.17, 15) is 14.3 Å². The molecule has 0 radical (unpaired) electrons. The van der Waals surface area contributed by atoms with Crippen molar-refractivity contribution in [3.8, 4) is 0 Å². The van der Waals surface area contributed by atoms with Gasteiger partial charge in [0.05, 0.1) is 0 Å². The molecule has 0 bridgehead atoms. The first kappa shape index (κ1) is 17.1. The van der Waals surface area contributed by atoms with Crippen LogP contribution in [-0.2, 0) is 17.9 Å². The average Bonchev–Trinajstić information content (AvgIpc) is 2.55. The Kier molecular flexibility index (Phi) is 5.84. The number of carbonyl (C=O) groups is 1. The first-order chi connectivity index (χ1) is 11.0. The molecule has 0 aliphatic heterocycles. The number of hydrogen-bond donors (Lipinski definition) is 2. The van der Waals surface area contributed by atoms with Gasteiger partial charge in [0.25, 0.3) is 5.91 Å². The monoisotopic (exact) mass is 316 g/mol. The maximum Gasteiger partial charge on any atom is 0.253 e. The Morgan fingerprint density at radius 1 is 1.22 bits per heavy atom. The molecule has 0 spiro atoms. The lowest BCUT2D eigenvalue weighted by Crippen LogP contribution is -2.28. The zero-order chi connectivity index (χ0) is 16.8. The first-order valence-electron chi connectivity index (χ1n) is 7.40. The lowest BCUT2D eigenvalue weighted by Gasteiger charge is -2.14. The molecule has 2 rings (SSSR count). The quantitative estimate of drug-likeness (QED) is 0.859. The van der Waals surface area contributed by atoms with Crippen LogP contribution >= 0.6 is 0 Å². The summed E-state index contributed by atoms with van der Waals surface area (Å²) < 4.78 is 13.7. The van der Waals surface area contributed by atoms with Crippen LogP contribution in [0.15, 0.2) is 48.5 Å². The van der Waals surface area contributed by atoms with E-state index < -0.39 is 12.0 Å². The Labute approximate surface area is 135 Å². The fraction of sp³-hybridized carbons (Fsp3) is 0.278. The van der Waals surface area contributed by atoms with Gasteiger partial charge in [0, 0.05) is 18.7 Å². The number of nitrogens with one attached hydrogen (secondary N) is 1. The van der Waals surface area contributed by atoms with Crippen LogP contribution in [-0.4, -0.2) is 30.0 Å². The van der Waals surface area contributed by atoms with E-state index in [-0.39, 0.29) is 12.4 Å². The van der Waals surface area contributed by atoms with Crippen LogP contribution in [0.5, 0.6) is 0 Å². The van der Waals surface area contributed by atoms with E-state index in [1.165, 1.54) is 6.07 Å². The summed E-state index contributed by atoms with van der Waals surface area (Å²) in [5.74, 6) is -0.743. The number of hydrogen-bond acceptors (Lipinski definition) is 3. The van der Waals surface area contributed by atoms with Crippen molar-refractivity contribution in [1.82, 2.24) is 10.2 Å². The number of carbonyl (C=O) groups excluding carboxylic acids is 1.